The molecule has 2 aromatic rings. The lowest BCUT2D eigenvalue weighted by Gasteiger charge is -2.09. The number of nitrogens with zero attached hydrogens (tertiary/aromatic N) is 3. The maximum atomic E-state index is 5.65. The summed E-state index contributed by atoms with van der Waals surface area (Å²) in [6.45, 7) is 3.28. The number of benzene rings is 1. The molecule has 0 unspecified atom stereocenters. The molecule has 20 heavy (non-hydrogen) atoms. The predicted molar refractivity (Wildman–Crippen MR) is 83.8 cm³/mol. The topological polar surface area (TPSA) is 66.0 Å². The van der Waals surface area contributed by atoms with Crippen LogP contribution >= 0.6 is 27.7 Å². The molecule has 0 aliphatic heterocycles. The highest BCUT2D eigenvalue weighted by atomic mass is 79.9. The molecule has 0 saturated carbocycles. The molecule has 5 nitrogen and oxygen atoms in total. The lowest BCUT2D eigenvalue weighted by molar-refractivity contribution is 0.411. The van der Waals surface area contributed by atoms with Crippen molar-refractivity contribution in [2.75, 3.05) is 7.11 Å². The van der Waals surface area contributed by atoms with Gasteiger partial charge in [-0.2, -0.15) is 0 Å². The smallest absolute Gasteiger partial charge is 0.191 e. The van der Waals surface area contributed by atoms with Crippen molar-refractivity contribution in [1.29, 1.82) is 0 Å². The van der Waals surface area contributed by atoms with Gasteiger partial charge in [-0.15, -0.1) is 10.2 Å². The molecule has 2 rings (SSSR count). The Kier molecular flexibility index (Phi) is 5.45. The number of halogens is 1. The van der Waals surface area contributed by atoms with Crippen LogP contribution < -0.4 is 10.5 Å². The Balaban J connectivity index is 2.16. The van der Waals surface area contributed by atoms with Gasteiger partial charge in [-0.05, 0) is 25.1 Å². The van der Waals surface area contributed by atoms with E-state index in [0.717, 1.165) is 39.1 Å². The first-order chi connectivity index (χ1) is 9.69. The Hall–Kier alpha value is -1.05. The van der Waals surface area contributed by atoms with Crippen molar-refractivity contribution >= 4 is 27.7 Å². The Morgan fingerprint density at radius 3 is 2.85 bits per heavy atom. The first-order valence-electron chi connectivity index (χ1n) is 6.27. The van der Waals surface area contributed by atoms with E-state index in [2.05, 4.69) is 39.1 Å². The third kappa shape index (κ3) is 3.34. The summed E-state index contributed by atoms with van der Waals surface area (Å²) in [6.07, 6.45) is 0. The van der Waals surface area contributed by atoms with Crippen LogP contribution in [0.25, 0.3) is 0 Å². The zero-order valence-corrected chi connectivity index (χ0v) is 13.9. The van der Waals surface area contributed by atoms with E-state index >= 15 is 0 Å². The maximum absolute atomic E-state index is 5.65. The summed E-state index contributed by atoms with van der Waals surface area (Å²) in [6, 6.07) is 5.98. The van der Waals surface area contributed by atoms with E-state index in [1.165, 1.54) is 0 Å². The Labute approximate surface area is 131 Å². The fraction of sp³-hybridized carbons (Fsp3) is 0.385. The van der Waals surface area contributed by atoms with Crippen LogP contribution in [0.5, 0.6) is 5.75 Å². The van der Waals surface area contributed by atoms with Gasteiger partial charge in [-0.1, -0.05) is 27.7 Å². The molecular formula is C13H17BrN4OS. The zero-order chi connectivity index (χ0) is 14.5. The van der Waals surface area contributed by atoms with Gasteiger partial charge in [-0.3, -0.25) is 0 Å². The van der Waals surface area contributed by atoms with Crippen molar-refractivity contribution in [2.45, 2.75) is 30.9 Å². The molecule has 108 valence electrons. The molecule has 7 heteroatoms. The van der Waals surface area contributed by atoms with Gasteiger partial charge in [0.25, 0.3) is 0 Å². The van der Waals surface area contributed by atoms with Crippen LogP contribution in [0.3, 0.4) is 0 Å². The third-order valence-electron chi connectivity index (χ3n) is 2.89. The van der Waals surface area contributed by atoms with E-state index in [1.54, 1.807) is 18.9 Å². The number of hydrogen-bond acceptors (Lipinski definition) is 5. The van der Waals surface area contributed by atoms with E-state index in [0.29, 0.717) is 6.54 Å². The Morgan fingerprint density at radius 1 is 1.40 bits per heavy atom. The molecule has 0 spiro atoms. The van der Waals surface area contributed by atoms with Crippen LogP contribution in [-0.2, 0) is 18.8 Å². The molecule has 1 aromatic heterocycles. The van der Waals surface area contributed by atoms with Gasteiger partial charge in [0, 0.05) is 22.3 Å². The van der Waals surface area contributed by atoms with Gasteiger partial charge in [0.1, 0.15) is 11.6 Å². The second-order valence-electron chi connectivity index (χ2n) is 4.09. The lowest BCUT2D eigenvalue weighted by Crippen LogP contribution is -2.08. The van der Waals surface area contributed by atoms with Crippen LogP contribution in [0, 0.1) is 0 Å². The summed E-state index contributed by atoms with van der Waals surface area (Å²) in [5, 5.41) is 9.18. The summed E-state index contributed by atoms with van der Waals surface area (Å²) in [4.78, 5) is 0. The van der Waals surface area contributed by atoms with Crippen LogP contribution in [0.15, 0.2) is 27.8 Å². The number of hydrogen-bond donors (Lipinski definition) is 1. The molecule has 0 aliphatic carbocycles. The summed E-state index contributed by atoms with van der Waals surface area (Å²) < 4.78 is 8.45. The minimum absolute atomic E-state index is 0.404. The minimum Gasteiger partial charge on any atom is -0.496 e. The molecule has 0 atom stereocenters. The molecule has 0 radical (unpaired) electrons. The van der Waals surface area contributed by atoms with Gasteiger partial charge in [-0.25, -0.2) is 0 Å². The predicted octanol–water partition coefficient (Wildman–Crippen LogP) is 2.82. The largest absolute Gasteiger partial charge is 0.496 e. The number of aromatic nitrogens is 3. The maximum Gasteiger partial charge on any atom is 0.191 e. The van der Waals surface area contributed by atoms with Gasteiger partial charge in [0.15, 0.2) is 5.16 Å². The molecule has 1 heterocycles. The average Bonchev–Trinajstić information content (AvgIpc) is 2.87. The molecule has 0 bridgehead atoms. The van der Waals surface area contributed by atoms with Crippen LogP contribution in [0.2, 0.25) is 0 Å². The summed E-state index contributed by atoms with van der Waals surface area (Å²) in [5.74, 6) is 2.46. The Bertz CT molecular complexity index is 588. The van der Waals surface area contributed by atoms with E-state index in [1.807, 2.05) is 16.7 Å². The van der Waals surface area contributed by atoms with Gasteiger partial charge >= 0.3 is 0 Å². The van der Waals surface area contributed by atoms with Crippen molar-refractivity contribution in [3.8, 4) is 5.75 Å². The van der Waals surface area contributed by atoms with Crippen LogP contribution in [0.1, 0.15) is 18.3 Å². The fourth-order valence-corrected chi connectivity index (χ4v) is 3.30. The SMILES string of the molecule is CCn1c(CN)nnc1SCc1cc(Br)ccc1OC. The fourth-order valence-electron chi connectivity index (χ4n) is 1.90. The van der Waals surface area contributed by atoms with Gasteiger partial charge in [0.2, 0.25) is 0 Å². The normalized spacial score (nSPS) is 10.8. The number of rotatable bonds is 6. The lowest BCUT2D eigenvalue weighted by atomic mass is 10.2. The van der Waals surface area contributed by atoms with Crippen molar-refractivity contribution < 1.29 is 4.74 Å². The Morgan fingerprint density at radius 2 is 2.20 bits per heavy atom. The standard InChI is InChI=1S/C13H17BrN4OS/c1-3-18-12(7-15)16-17-13(18)20-8-9-6-10(14)4-5-11(9)19-2/h4-6H,3,7-8,15H2,1-2H3. The van der Waals surface area contributed by atoms with Crippen molar-refractivity contribution in [1.82, 2.24) is 14.8 Å². The number of nitrogens with two attached hydrogens (primary N) is 1. The molecule has 0 aliphatic rings. The van der Waals surface area contributed by atoms with Crippen molar-refractivity contribution in [3.63, 3.8) is 0 Å². The highest BCUT2D eigenvalue weighted by Gasteiger charge is 2.11. The summed E-state index contributed by atoms with van der Waals surface area (Å²) in [7, 11) is 1.68. The zero-order valence-electron chi connectivity index (χ0n) is 11.5. The number of ether oxygens (including phenoxy) is 1. The van der Waals surface area contributed by atoms with E-state index in [4.69, 9.17) is 10.5 Å². The first-order valence-corrected chi connectivity index (χ1v) is 8.04. The van der Waals surface area contributed by atoms with Gasteiger partial charge < -0.3 is 15.0 Å². The molecule has 0 amide bonds. The van der Waals surface area contributed by atoms with Crippen LogP contribution in [0.4, 0.5) is 0 Å². The average molecular weight is 357 g/mol. The second-order valence-corrected chi connectivity index (χ2v) is 5.95. The van der Waals surface area contributed by atoms with E-state index < -0.39 is 0 Å². The van der Waals surface area contributed by atoms with E-state index in [9.17, 15) is 0 Å². The third-order valence-corrected chi connectivity index (χ3v) is 4.40. The molecule has 0 saturated heterocycles. The van der Waals surface area contributed by atoms with Crippen molar-refractivity contribution in [3.05, 3.63) is 34.1 Å². The second kappa shape index (κ2) is 7.10. The quantitative estimate of drug-likeness (QED) is 0.806. The number of thioether (sulfide) groups is 1. The number of methoxy groups -OCH3 is 1. The summed E-state index contributed by atoms with van der Waals surface area (Å²) in [5.41, 5.74) is 6.77. The summed E-state index contributed by atoms with van der Waals surface area (Å²) >= 11 is 5.11. The molecule has 1 aromatic carbocycles. The minimum atomic E-state index is 0.404. The molecule has 2 N–H and O–H groups in total. The highest BCUT2D eigenvalue weighted by molar-refractivity contribution is 9.10. The van der Waals surface area contributed by atoms with E-state index in [-0.39, 0.29) is 0 Å². The first kappa shape index (κ1) is 15.3. The molecular weight excluding hydrogens is 340 g/mol. The molecule has 0 fully saturated rings. The van der Waals surface area contributed by atoms with Gasteiger partial charge in [0.05, 0.1) is 13.7 Å². The van der Waals surface area contributed by atoms with Crippen molar-refractivity contribution in [2.24, 2.45) is 5.73 Å². The van der Waals surface area contributed by atoms with Crippen LogP contribution in [-0.4, -0.2) is 21.9 Å². The highest BCUT2D eigenvalue weighted by Crippen LogP contribution is 2.29. The monoisotopic (exact) mass is 356 g/mol.